The standard InChI is InChI=1S/C17H19N3O3S/c1-3-18-17(24)20-19-11-14-9-10-15(23-14)12-5-7-13(8-6-12)16(21)22-4-2/h5-11H,3-4H2,1-2H3,(H2,18,20,24)/b19-11+. The molecule has 2 N–H and O–H groups in total. The Hall–Kier alpha value is -2.67. The Labute approximate surface area is 145 Å². The van der Waals surface area contributed by atoms with Gasteiger partial charge in [-0.05, 0) is 50.3 Å². The predicted molar refractivity (Wildman–Crippen MR) is 97.1 cm³/mol. The maximum absolute atomic E-state index is 11.6. The molecule has 0 amide bonds. The third-order valence-corrected chi connectivity index (χ3v) is 3.24. The number of ether oxygens (including phenoxy) is 1. The van der Waals surface area contributed by atoms with Gasteiger partial charge in [0.2, 0.25) is 0 Å². The molecule has 2 rings (SSSR count). The number of thiocarbonyl (C=S) groups is 1. The van der Waals surface area contributed by atoms with Crippen molar-refractivity contribution < 1.29 is 13.9 Å². The zero-order valence-corrected chi connectivity index (χ0v) is 14.4. The molecule has 0 saturated heterocycles. The number of nitrogens with zero attached hydrogens (tertiary/aromatic N) is 1. The Balaban J connectivity index is 2.01. The van der Waals surface area contributed by atoms with Crippen LogP contribution in [0.1, 0.15) is 30.0 Å². The van der Waals surface area contributed by atoms with Crippen LogP contribution in [-0.4, -0.2) is 30.4 Å². The smallest absolute Gasteiger partial charge is 0.338 e. The van der Waals surface area contributed by atoms with Crippen molar-refractivity contribution in [1.29, 1.82) is 0 Å². The van der Waals surface area contributed by atoms with Crippen molar-refractivity contribution in [2.45, 2.75) is 13.8 Å². The van der Waals surface area contributed by atoms with Crippen LogP contribution in [0.5, 0.6) is 0 Å². The zero-order valence-electron chi connectivity index (χ0n) is 13.5. The number of hydrogen-bond acceptors (Lipinski definition) is 5. The molecule has 0 unspecified atom stereocenters. The number of benzene rings is 1. The van der Waals surface area contributed by atoms with Gasteiger partial charge in [0.25, 0.3) is 0 Å². The first-order valence-corrected chi connectivity index (χ1v) is 7.99. The van der Waals surface area contributed by atoms with Crippen molar-refractivity contribution >= 4 is 29.5 Å². The maximum atomic E-state index is 11.6. The van der Waals surface area contributed by atoms with Gasteiger partial charge in [0.1, 0.15) is 11.5 Å². The molecule has 24 heavy (non-hydrogen) atoms. The number of carbonyl (C=O) groups excluding carboxylic acids is 1. The largest absolute Gasteiger partial charge is 0.462 e. The maximum Gasteiger partial charge on any atom is 0.338 e. The van der Waals surface area contributed by atoms with Gasteiger partial charge in [0, 0.05) is 12.1 Å². The van der Waals surface area contributed by atoms with E-state index in [4.69, 9.17) is 21.4 Å². The normalized spacial score (nSPS) is 10.6. The second-order valence-electron chi connectivity index (χ2n) is 4.73. The first kappa shape index (κ1) is 17.7. The van der Waals surface area contributed by atoms with Crippen molar-refractivity contribution in [2.75, 3.05) is 13.2 Å². The van der Waals surface area contributed by atoms with E-state index in [1.54, 1.807) is 31.3 Å². The monoisotopic (exact) mass is 345 g/mol. The summed E-state index contributed by atoms with van der Waals surface area (Å²) in [5.41, 5.74) is 4.06. The van der Waals surface area contributed by atoms with Crippen molar-refractivity contribution in [3.8, 4) is 11.3 Å². The molecule has 1 aromatic carbocycles. The number of carbonyl (C=O) groups is 1. The minimum absolute atomic E-state index is 0.334. The van der Waals surface area contributed by atoms with Gasteiger partial charge in [0.05, 0.1) is 18.4 Å². The SMILES string of the molecule is CCNC(=S)N/N=C/c1ccc(-c2ccc(C(=O)OCC)cc2)o1. The average Bonchev–Trinajstić information content (AvgIpc) is 3.04. The van der Waals surface area contributed by atoms with Gasteiger partial charge in [-0.3, -0.25) is 5.43 Å². The molecule has 0 saturated carbocycles. The van der Waals surface area contributed by atoms with E-state index in [2.05, 4.69) is 15.8 Å². The second kappa shape index (κ2) is 8.83. The summed E-state index contributed by atoms with van der Waals surface area (Å²) < 4.78 is 10.6. The predicted octanol–water partition coefficient (Wildman–Crippen LogP) is 2.94. The molecular weight excluding hydrogens is 326 g/mol. The summed E-state index contributed by atoms with van der Waals surface area (Å²) in [5, 5.41) is 7.37. The first-order valence-electron chi connectivity index (χ1n) is 7.58. The minimum atomic E-state index is -0.334. The van der Waals surface area contributed by atoms with Crippen LogP contribution in [0.2, 0.25) is 0 Å². The fraction of sp³-hybridized carbons (Fsp3) is 0.235. The molecule has 0 fully saturated rings. The quantitative estimate of drug-likeness (QED) is 0.363. The summed E-state index contributed by atoms with van der Waals surface area (Å²) in [4.78, 5) is 11.6. The van der Waals surface area contributed by atoms with Crippen LogP contribution in [0.25, 0.3) is 11.3 Å². The molecule has 2 aromatic rings. The van der Waals surface area contributed by atoms with Crippen LogP contribution in [0, 0.1) is 0 Å². The first-order chi connectivity index (χ1) is 11.6. The summed E-state index contributed by atoms with van der Waals surface area (Å²) in [7, 11) is 0. The summed E-state index contributed by atoms with van der Waals surface area (Å²) in [5.74, 6) is 0.937. The fourth-order valence-corrected chi connectivity index (χ4v) is 2.11. The molecule has 0 bridgehead atoms. The lowest BCUT2D eigenvalue weighted by molar-refractivity contribution is 0.0526. The molecular formula is C17H19N3O3S. The van der Waals surface area contributed by atoms with E-state index >= 15 is 0 Å². The Bertz CT molecular complexity index is 723. The number of esters is 1. The molecule has 0 aliphatic carbocycles. The number of hydrazone groups is 1. The molecule has 0 aliphatic rings. The third kappa shape index (κ3) is 4.92. The zero-order chi connectivity index (χ0) is 17.4. The van der Waals surface area contributed by atoms with E-state index in [0.717, 1.165) is 12.1 Å². The van der Waals surface area contributed by atoms with E-state index in [-0.39, 0.29) is 5.97 Å². The van der Waals surface area contributed by atoms with E-state index in [0.29, 0.717) is 28.8 Å². The van der Waals surface area contributed by atoms with Gasteiger partial charge >= 0.3 is 5.97 Å². The van der Waals surface area contributed by atoms with Gasteiger partial charge in [-0.2, -0.15) is 5.10 Å². The van der Waals surface area contributed by atoms with Gasteiger partial charge in [-0.25, -0.2) is 4.79 Å². The molecule has 0 radical (unpaired) electrons. The highest BCUT2D eigenvalue weighted by Gasteiger charge is 2.08. The summed E-state index contributed by atoms with van der Waals surface area (Å²) >= 11 is 5.00. The van der Waals surface area contributed by atoms with Gasteiger partial charge in [-0.15, -0.1) is 0 Å². The third-order valence-electron chi connectivity index (χ3n) is 3.00. The van der Waals surface area contributed by atoms with Crippen LogP contribution in [0.15, 0.2) is 45.9 Å². The van der Waals surface area contributed by atoms with Gasteiger partial charge in [0.15, 0.2) is 5.11 Å². The number of nitrogens with one attached hydrogen (secondary N) is 2. The molecule has 1 aromatic heterocycles. The number of hydrogen-bond donors (Lipinski definition) is 2. The van der Waals surface area contributed by atoms with Crippen LogP contribution in [0.4, 0.5) is 0 Å². The Morgan fingerprint density at radius 1 is 1.25 bits per heavy atom. The van der Waals surface area contributed by atoms with Crippen LogP contribution < -0.4 is 10.7 Å². The topological polar surface area (TPSA) is 75.9 Å². The summed E-state index contributed by atoms with van der Waals surface area (Å²) in [6.45, 7) is 4.81. The van der Waals surface area contributed by atoms with Crippen molar-refractivity contribution in [3.05, 3.63) is 47.7 Å². The summed E-state index contributed by atoms with van der Waals surface area (Å²) in [6.07, 6.45) is 1.54. The highest BCUT2D eigenvalue weighted by atomic mass is 32.1. The van der Waals surface area contributed by atoms with E-state index < -0.39 is 0 Å². The van der Waals surface area contributed by atoms with Crippen LogP contribution in [-0.2, 0) is 4.74 Å². The highest BCUT2D eigenvalue weighted by Crippen LogP contribution is 2.22. The molecule has 0 aliphatic heterocycles. The van der Waals surface area contributed by atoms with Crippen molar-refractivity contribution in [1.82, 2.24) is 10.7 Å². The van der Waals surface area contributed by atoms with Gasteiger partial charge < -0.3 is 14.5 Å². The summed E-state index contributed by atoms with van der Waals surface area (Å²) in [6, 6.07) is 10.7. The lowest BCUT2D eigenvalue weighted by Crippen LogP contribution is -2.31. The Kier molecular flexibility index (Phi) is 6.51. The average molecular weight is 345 g/mol. The molecule has 0 atom stereocenters. The fourth-order valence-electron chi connectivity index (χ4n) is 1.92. The van der Waals surface area contributed by atoms with E-state index in [1.165, 1.54) is 0 Å². The van der Waals surface area contributed by atoms with Crippen molar-refractivity contribution in [2.24, 2.45) is 5.10 Å². The van der Waals surface area contributed by atoms with Crippen LogP contribution in [0.3, 0.4) is 0 Å². The van der Waals surface area contributed by atoms with E-state index in [9.17, 15) is 4.79 Å². The molecule has 1 heterocycles. The van der Waals surface area contributed by atoms with Crippen molar-refractivity contribution in [3.63, 3.8) is 0 Å². The number of rotatable bonds is 6. The lowest BCUT2D eigenvalue weighted by atomic mass is 10.1. The molecule has 7 heteroatoms. The second-order valence-corrected chi connectivity index (χ2v) is 5.14. The molecule has 126 valence electrons. The lowest BCUT2D eigenvalue weighted by Gasteiger charge is -2.02. The molecule has 6 nitrogen and oxygen atoms in total. The Morgan fingerprint density at radius 3 is 2.67 bits per heavy atom. The van der Waals surface area contributed by atoms with Gasteiger partial charge in [-0.1, -0.05) is 12.1 Å². The minimum Gasteiger partial charge on any atom is -0.462 e. The Morgan fingerprint density at radius 2 is 2.00 bits per heavy atom. The van der Waals surface area contributed by atoms with Crippen LogP contribution >= 0.6 is 12.2 Å². The molecule has 0 spiro atoms. The van der Waals surface area contributed by atoms with E-state index in [1.807, 2.05) is 25.1 Å². The highest BCUT2D eigenvalue weighted by molar-refractivity contribution is 7.80. The number of furan rings is 1.